The van der Waals surface area contributed by atoms with Crippen LogP contribution in [0.3, 0.4) is 0 Å². The van der Waals surface area contributed by atoms with Gasteiger partial charge in [-0.2, -0.15) is 0 Å². The minimum Gasteiger partial charge on any atom is -0.336 e. The van der Waals surface area contributed by atoms with Crippen molar-refractivity contribution in [2.75, 3.05) is 39.8 Å². The Labute approximate surface area is 228 Å². The van der Waals surface area contributed by atoms with Crippen LogP contribution in [0.15, 0.2) is 34.6 Å². The first-order chi connectivity index (χ1) is 17.4. The number of rotatable bonds is 8. The summed E-state index contributed by atoms with van der Waals surface area (Å²) in [6.07, 6.45) is 7.74. The summed E-state index contributed by atoms with van der Waals surface area (Å²) in [6, 6.07) is -0.0774. The summed E-state index contributed by atoms with van der Waals surface area (Å²) in [4.78, 5) is 30.4. The largest absolute Gasteiger partial charge is 0.336 e. The van der Waals surface area contributed by atoms with E-state index in [-0.39, 0.29) is 17.9 Å². The molecule has 3 amide bonds. The van der Waals surface area contributed by atoms with Crippen LogP contribution in [-0.2, 0) is 4.79 Å². The molecule has 6 heteroatoms. The standard InChI is InChI=1S/C27H46N4O2.C4H10/c1-8-21-15-22(9-2)24(26(32)31-12-10-28-11-13-31)17-23(14-19(3)4)25(16-21)29-27(33)30(7)18-20(5)6;1-4(2)3/h15,17,19-20,22,28H,8-14,16,18H2,1-7H3,(H,29,33);4H,1-3H3/b21-15?,24-17+,25-23+;. The van der Waals surface area contributed by atoms with Crippen molar-refractivity contribution in [3.05, 3.63) is 34.6 Å². The van der Waals surface area contributed by atoms with Crippen molar-refractivity contribution in [2.45, 2.75) is 88.0 Å². The summed E-state index contributed by atoms with van der Waals surface area (Å²) in [5.41, 5.74) is 4.18. The summed E-state index contributed by atoms with van der Waals surface area (Å²) in [5.74, 6) is 1.90. The number of hydrogen-bond acceptors (Lipinski definition) is 3. The maximum absolute atomic E-state index is 13.7. The molecular formula is C31H56N4O2. The molecule has 0 aromatic carbocycles. The molecular weight excluding hydrogens is 460 g/mol. The Morgan fingerprint density at radius 2 is 1.65 bits per heavy atom. The van der Waals surface area contributed by atoms with Gasteiger partial charge in [-0.3, -0.25) is 4.79 Å². The van der Waals surface area contributed by atoms with Crippen LogP contribution < -0.4 is 10.6 Å². The Hall–Kier alpha value is -2.08. The van der Waals surface area contributed by atoms with E-state index in [4.69, 9.17) is 0 Å². The molecule has 6 nitrogen and oxygen atoms in total. The van der Waals surface area contributed by atoms with Gasteiger partial charge in [0.05, 0.1) is 0 Å². The lowest BCUT2D eigenvalue weighted by molar-refractivity contribution is -0.128. The normalized spacial score (nSPS) is 22.0. The van der Waals surface area contributed by atoms with E-state index in [0.29, 0.717) is 18.4 Å². The fourth-order valence-electron chi connectivity index (χ4n) is 4.61. The second kappa shape index (κ2) is 16.7. The summed E-state index contributed by atoms with van der Waals surface area (Å²) in [6.45, 7) is 23.3. The predicted molar refractivity (Wildman–Crippen MR) is 157 cm³/mol. The van der Waals surface area contributed by atoms with E-state index < -0.39 is 0 Å². The number of allylic oxidation sites excluding steroid dienone is 4. The van der Waals surface area contributed by atoms with Crippen molar-refractivity contribution >= 4 is 11.9 Å². The third-order valence-electron chi connectivity index (χ3n) is 6.37. The van der Waals surface area contributed by atoms with Crippen molar-refractivity contribution < 1.29 is 9.59 Å². The molecule has 0 saturated carbocycles. The average molecular weight is 517 g/mol. The quantitative estimate of drug-likeness (QED) is 0.368. The number of urea groups is 1. The van der Waals surface area contributed by atoms with E-state index in [2.05, 4.69) is 85.1 Å². The molecule has 0 bridgehead atoms. The van der Waals surface area contributed by atoms with Gasteiger partial charge in [0.25, 0.3) is 0 Å². The number of carbonyl (C=O) groups excluding carboxylic acids is 2. The molecule has 37 heavy (non-hydrogen) atoms. The lowest BCUT2D eigenvalue weighted by atomic mass is 9.84. The van der Waals surface area contributed by atoms with E-state index in [0.717, 1.165) is 74.6 Å². The van der Waals surface area contributed by atoms with Gasteiger partial charge in [-0.15, -0.1) is 0 Å². The van der Waals surface area contributed by atoms with Crippen LogP contribution in [0.1, 0.15) is 88.0 Å². The van der Waals surface area contributed by atoms with Gasteiger partial charge in [0, 0.05) is 63.4 Å². The number of amides is 3. The Kier molecular flexibility index (Phi) is 14.9. The van der Waals surface area contributed by atoms with Crippen molar-refractivity contribution in [3.63, 3.8) is 0 Å². The highest BCUT2D eigenvalue weighted by Crippen LogP contribution is 2.32. The van der Waals surface area contributed by atoms with E-state index in [9.17, 15) is 9.59 Å². The number of hydrogen-bond donors (Lipinski definition) is 2. The van der Waals surface area contributed by atoms with Gasteiger partial charge >= 0.3 is 6.03 Å². The van der Waals surface area contributed by atoms with Crippen LogP contribution in [-0.4, -0.2) is 61.5 Å². The smallest absolute Gasteiger partial charge is 0.321 e. The zero-order valence-corrected chi connectivity index (χ0v) is 25.5. The molecule has 1 fully saturated rings. The van der Waals surface area contributed by atoms with Crippen LogP contribution in [0.2, 0.25) is 0 Å². The number of nitrogens with one attached hydrogen (secondary N) is 2. The molecule has 1 aliphatic carbocycles. The first-order valence-corrected chi connectivity index (χ1v) is 14.5. The van der Waals surface area contributed by atoms with E-state index in [1.807, 2.05) is 11.9 Å². The maximum Gasteiger partial charge on any atom is 0.321 e. The third kappa shape index (κ3) is 11.9. The maximum atomic E-state index is 13.7. The zero-order valence-electron chi connectivity index (χ0n) is 25.5. The Balaban J connectivity index is 0.00000159. The van der Waals surface area contributed by atoms with Crippen molar-refractivity contribution in [3.8, 4) is 0 Å². The summed E-state index contributed by atoms with van der Waals surface area (Å²) >= 11 is 0. The van der Waals surface area contributed by atoms with Gasteiger partial charge in [0.1, 0.15) is 0 Å². The predicted octanol–water partition coefficient (Wildman–Crippen LogP) is 6.37. The van der Waals surface area contributed by atoms with Crippen molar-refractivity contribution in [1.82, 2.24) is 20.4 Å². The molecule has 1 heterocycles. The monoisotopic (exact) mass is 516 g/mol. The second-order valence-corrected chi connectivity index (χ2v) is 12.1. The molecule has 0 spiro atoms. The minimum atomic E-state index is -0.0774. The molecule has 2 aliphatic rings. The Morgan fingerprint density at radius 3 is 2.14 bits per heavy atom. The first-order valence-electron chi connectivity index (χ1n) is 14.5. The third-order valence-corrected chi connectivity index (χ3v) is 6.37. The summed E-state index contributed by atoms with van der Waals surface area (Å²) in [7, 11) is 1.85. The zero-order chi connectivity index (χ0) is 28.1. The van der Waals surface area contributed by atoms with Gasteiger partial charge in [0.15, 0.2) is 0 Å². The van der Waals surface area contributed by atoms with Gasteiger partial charge < -0.3 is 20.4 Å². The molecule has 2 rings (SSSR count). The molecule has 1 saturated heterocycles. The van der Waals surface area contributed by atoms with Crippen LogP contribution in [0, 0.1) is 23.7 Å². The molecule has 212 valence electrons. The molecule has 2 N–H and O–H groups in total. The number of carbonyl (C=O) groups is 2. The lowest BCUT2D eigenvalue weighted by Crippen LogP contribution is -2.47. The number of piperazine rings is 1. The molecule has 1 unspecified atom stereocenters. The van der Waals surface area contributed by atoms with E-state index >= 15 is 0 Å². The second-order valence-electron chi connectivity index (χ2n) is 12.1. The van der Waals surface area contributed by atoms with Gasteiger partial charge in [-0.1, -0.05) is 74.0 Å². The minimum absolute atomic E-state index is 0.0774. The van der Waals surface area contributed by atoms with Gasteiger partial charge in [-0.05, 0) is 48.7 Å². The van der Waals surface area contributed by atoms with Crippen LogP contribution >= 0.6 is 0 Å². The van der Waals surface area contributed by atoms with Crippen LogP contribution in [0.5, 0.6) is 0 Å². The highest BCUT2D eigenvalue weighted by molar-refractivity contribution is 5.95. The highest BCUT2D eigenvalue weighted by atomic mass is 16.2. The van der Waals surface area contributed by atoms with Crippen molar-refractivity contribution in [2.24, 2.45) is 23.7 Å². The molecule has 0 aromatic heterocycles. The topological polar surface area (TPSA) is 64.7 Å². The Morgan fingerprint density at radius 1 is 1.05 bits per heavy atom. The fraction of sp³-hybridized carbons (Fsp3) is 0.742. The summed E-state index contributed by atoms with van der Waals surface area (Å²) in [5, 5.41) is 6.57. The highest BCUT2D eigenvalue weighted by Gasteiger charge is 2.27. The SMILES string of the molecule is CC(C)C.CCC1=CC(CC)/C(C(=O)N2CCNCC2)=C\C(CC(C)C)=C(\NC(=O)N(C)CC(C)C)C1. The van der Waals surface area contributed by atoms with Gasteiger partial charge in [-0.25, -0.2) is 4.79 Å². The molecule has 0 radical (unpaired) electrons. The van der Waals surface area contributed by atoms with Gasteiger partial charge in [0.2, 0.25) is 5.91 Å². The van der Waals surface area contributed by atoms with Crippen LogP contribution in [0.4, 0.5) is 4.79 Å². The molecule has 1 atom stereocenters. The van der Waals surface area contributed by atoms with Crippen LogP contribution in [0.25, 0.3) is 0 Å². The fourth-order valence-corrected chi connectivity index (χ4v) is 4.61. The van der Waals surface area contributed by atoms with E-state index in [1.54, 1.807) is 4.90 Å². The molecule has 0 aromatic rings. The number of nitrogens with zero attached hydrogens (tertiary/aromatic N) is 2. The first kappa shape index (κ1) is 32.9. The van der Waals surface area contributed by atoms with Crippen molar-refractivity contribution in [1.29, 1.82) is 0 Å². The Bertz CT molecular complexity index is 814. The average Bonchev–Trinajstić information content (AvgIpc) is 2.82. The lowest BCUT2D eigenvalue weighted by Gasteiger charge is -2.31. The molecule has 1 aliphatic heterocycles. The van der Waals surface area contributed by atoms with E-state index in [1.165, 1.54) is 5.57 Å². The summed E-state index contributed by atoms with van der Waals surface area (Å²) < 4.78 is 0.